The summed E-state index contributed by atoms with van der Waals surface area (Å²) in [5.41, 5.74) is 0. The van der Waals surface area contributed by atoms with E-state index in [-0.39, 0.29) is 0 Å². The third-order valence-corrected chi connectivity index (χ3v) is 3.46. The smallest absolute Gasteiger partial charge is 0.283 e. The number of nitriles is 1. The van der Waals surface area contributed by atoms with Crippen LogP contribution >= 0.6 is 0 Å². The van der Waals surface area contributed by atoms with Gasteiger partial charge in [0.2, 0.25) is 0 Å². The monoisotopic (exact) mass is 175 g/mol. The van der Waals surface area contributed by atoms with Crippen molar-refractivity contribution in [2.24, 2.45) is 23.7 Å². The van der Waals surface area contributed by atoms with E-state index in [1.165, 1.54) is 12.8 Å². The number of aliphatic hydroxyl groups is 1. The first-order valence-corrected chi connectivity index (χ1v) is 4.75. The molecule has 1 N–H and O–H groups in total. The van der Waals surface area contributed by atoms with Gasteiger partial charge in [0, 0.05) is 0 Å². The highest BCUT2D eigenvalue weighted by molar-refractivity contribution is 5.21. The average Bonchev–Trinajstić information content (AvgIpc) is 2.79. The molecule has 3 aliphatic carbocycles. The number of hydrogen-bond acceptors (Lipinski definition) is 2. The molecule has 0 heterocycles. The van der Waals surface area contributed by atoms with Crippen LogP contribution in [0.4, 0.5) is 0 Å². The number of aliphatic hydroxyl groups excluding tert-OH is 1. The zero-order chi connectivity index (χ0) is 9.26. The van der Waals surface area contributed by atoms with E-state index < -0.39 is 0 Å². The van der Waals surface area contributed by atoms with E-state index in [1.54, 1.807) is 0 Å². The molecular formula is C11H13NO. The number of fused-ring (bicyclic) bond motifs is 5. The summed E-state index contributed by atoms with van der Waals surface area (Å²) in [6.45, 7) is 0. The fraction of sp³-hybridized carbons (Fsp3) is 0.545. The number of allylic oxidation sites excluding steroid dienone is 4. The minimum absolute atomic E-state index is 0.750. The van der Waals surface area contributed by atoms with Crippen molar-refractivity contribution < 1.29 is 5.11 Å². The predicted molar refractivity (Wildman–Crippen MR) is 49.0 cm³/mol. The largest absolute Gasteiger partial charge is 0.443 e. The van der Waals surface area contributed by atoms with Gasteiger partial charge in [-0.15, -0.1) is 0 Å². The third kappa shape index (κ3) is 1.25. The molecule has 3 rings (SSSR count). The molecule has 1 fully saturated rings. The SMILES string of the molecule is C1=CC2C3C=CC(C3)C2C1.N#CO. The van der Waals surface area contributed by atoms with Gasteiger partial charge in [0.25, 0.3) is 6.26 Å². The standard InChI is InChI=1S/C10H12.CHNO/c1-2-9-7-4-5-8(6-7)10(9)3-1;2-1-3/h1-2,4-5,7-10H,3,6H2;3H. The van der Waals surface area contributed by atoms with Gasteiger partial charge in [-0.2, -0.15) is 5.26 Å². The molecule has 0 amide bonds. The highest BCUT2D eigenvalue weighted by atomic mass is 16.2. The van der Waals surface area contributed by atoms with Crippen molar-refractivity contribution in [3.05, 3.63) is 24.3 Å². The van der Waals surface area contributed by atoms with E-state index >= 15 is 0 Å². The summed E-state index contributed by atoms with van der Waals surface area (Å²) < 4.78 is 0. The van der Waals surface area contributed by atoms with E-state index in [9.17, 15) is 0 Å². The summed E-state index contributed by atoms with van der Waals surface area (Å²) in [7, 11) is 0. The quantitative estimate of drug-likeness (QED) is 0.453. The second kappa shape index (κ2) is 3.26. The van der Waals surface area contributed by atoms with Crippen LogP contribution in [0.1, 0.15) is 12.8 Å². The molecule has 0 aliphatic heterocycles. The second-order valence-electron chi connectivity index (χ2n) is 3.95. The van der Waals surface area contributed by atoms with Gasteiger partial charge < -0.3 is 5.11 Å². The molecule has 4 unspecified atom stereocenters. The minimum Gasteiger partial charge on any atom is -0.443 e. The first-order chi connectivity index (χ1) is 6.36. The van der Waals surface area contributed by atoms with Gasteiger partial charge in [-0.3, -0.25) is 0 Å². The first kappa shape index (κ1) is 8.37. The molecule has 0 saturated heterocycles. The molecule has 0 spiro atoms. The van der Waals surface area contributed by atoms with Crippen molar-refractivity contribution in [1.29, 1.82) is 5.26 Å². The highest BCUT2D eigenvalue weighted by Crippen LogP contribution is 2.52. The van der Waals surface area contributed by atoms with Gasteiger partial charge in [0.15, 0.2) is 0 Å². The van der Waals surface area contributed by atoms with Gasteiger partial charge in [0.1, 0.15) is 0 Å². The van der Waals surface area contributed by atoms with Gasteiger partial charge in [-0.25, -0.2) is 0 Å². The molecule has 2 nitrogen and oxygen atoms in total. The van der Waals surface area contributed by atoms with E-state index in [0.717, 1.165) is 29.9 Å². The number of hydrogen-bond donors (Lipinski definition) is 1. The van der Waals surface area contributed by atoms with Gasteiger partial charge in [-0.1, -0.05) is 24.3 Å². The highest BCUT2D eigenvalue weighted by Gasteiger charge is 2.44. The summed E-state index contributed by atoms with van der Waals surface area (Å²) in [6.07, 6.45) is 13.3. The first-order valence-electron chi connectivity index (χ1n) is 4.75. The molecule has 0 radical (unpaired) electrons. The van der Waals surface area contributed by atoms with Crippen molar-refractivity contribution in [3.8, 4) is 6.26 Å². The van der Waals surface area contributed by atoms with Crippen molar-refractivity contribution in [2.45, 2.75) is 12.8 Å². The Morgan fingerprint density at radius 3 is 2.62 bits per heavy atom. The molecule has 0 aromatic carbocycles. The van der Waals surface area contributed by atoms with Gasteiger partial charge in [-0.05, 0) is 36.5 Å². The summed E-state index contributed by atoms with van der Waals surface area (Å²) >= 11 is 0. The molecule has 2 bridgehead atoms. The zero-order valence-corrected chi connectivity index (χ0v) is 7.43. The average molecular weight is 175 g/mol. The van der Waals surface area contributed by atoms with Crippen molar-refractivity contribution in [3.63, 3.8) is 0 Å². The molecule has 1 saturated carbocycles. The Balaban J connectivity index is 0.000000196. The topological polar surface area (TPSA) is 44.0 Å². The van der Waals surface area contributed by atoms with Gasteiger partial charge in [0.05, 0.1) is 0 Å². The summed E-state index contributed by atoms with van der Waals surface area (Å²) in [5.74, 6) is 3.82. The Hall–Kier alpha value is -1.23. The Morgan fingerprint density at radius 1 is 1.23 bits per heavy atom. The van der Waals surface area contributed by atoms with Crippen molar-refractivity contribution in [2.75, 3.05) is 0 Å². The van der Waals surface area contributed by atoms with Crippen LogP contribution in [-0.4, -0.2) is 5.11 Å². The van der Waals surface area contributed by atoms with Crippen LogP contribution in [0, 0.1) is 35.2 Å². The Bertz CT molecular complexity index is 287. The van der Waals surface area contributed by atoms with E-state index in [4.69, 9.17) is 10.4 Å². The Morgan fingerprint density at radius 2 is 1.92 bits per heavy atom. The van der Waals surface area contributed by atoms with Crippen molar-refractivity contribution >= 4 is 0 Å². The fourth-order valence-electron chi connectivity index (χ4n) is 2.97. The lowest BCUT2D eigenvalue weighted by Gasteiger charge is -2.18. The lowest BCUT2D eigenvalue weighted by molar-refractivity contribution is 0.398. The molecule has 3 aliphatic rings. The fourth-order valence-corrected chi connectivity index (χ4v) is 2.97. The van der Waals surface area contributed by atoms with E-state index in [1.807, 2.05) is 0 Å². The lowest BCUT2D eigenvalue weighted by atomic mass is 9.86. The van der Waals surface area contributed by atoms with Crippen LogP contribution in [0.5, 0.6) is 0 Å². The van der Waals surface area contributed by atoms with E-state index in [2.05, 4.69) is 24.3 Å². The maximum Gasteiger partial charge on any atom is 0.283 e. The molecule has 2 heteroatoms. The van der Waals surface area contributed by atoms with Gasteiger partial charge >= 0.3 is 0 Å². The summed E-state index contributed by atoms with van der Waals surface area (Å²) in [5, 5.41) is 13.8. The van der Waals surface area contributed by atoms with Crippen molar-refractivity contribution in [1.82, 2.24) is 0 Å². The lowest BCUT2D eigenvalue weighted by Crippen LogP contribution is -2.12. The van der Waals surface area contributed by atoms with Crippen LogP contribution in [0.2, 0.25) is 0 Å². The molecule has 0 aromatic rings. The number of rotatable bonds is 0. The third-order valence-electron chi connectivity index (χ3n) is 3.46. The number of nitrogens with zero attached hydrogens (tertiary/aromatic N) is 1. The molecule has 4 atom stereocenters. The normalized spacial score (nSPS) is 42.4. The zero-order valence-electron chi connectivity index (χ0n) is 7.43. The van der Waals surface area contributed by atoms with Crippen LogP contribution in [0.25, 0.3) is 0 Å². The predicted octanol–water partition coefficient (Wildman–Crippen LogP) is 2.22. The maximum atomic E-state index is 6.88. The Kier molecular flexibility index (Phi) is 2.10. The second-order valence-corrected chi connectivity index (χ2v) is 3.95. The van der Waals surface area contributed by atoms with Crippen LogP contribution < -0.4 is 0 Å². The minimum atomic E-state index is 0.750. The molecular weight excluding hydrogens is 162 g/mol. The van der Waals surface area contributed by atoms with Crippen LogP contribution in [0.3, 0.4) is 0 Å². The van der Waals surface area contributed by atoms with Crippen LogP contribution in [-0.2, 0) is 0 Å². The molecule has 68 valence electrons. The molecule has 0 aromatic heterocycles. The summed E-state index contributed by atoms with van der Waals surface area (Å²) in [4.78, 5) is 0. The Labute approximate surface area is 78.2 Å². The van der Waals surface area contributed by atoms with E-state index in [0.29, 0.717) is 0 Å². The molecule has 13 heavy (non-hydrogen) atoms. The summed E-state index contributed by atoms with van der Waals surface area (Å²) in [6, 6.07) is 0. The van der Waals surface area contributed by atoms with Crippen LogP contribution in [0.15, 0.2) is 24.3 Å². The maximum absolute atomic E-state index is 6.88.